The lowest BCUT2D eigenvalue weighted by atomic mass is 9.95. The molecule has 0 aliphatic rings. The molecule has 0 aliphatic carbocycles. The van der Waals surface area contributed by atoms with Gasteiger partial charge >= 0.3 is 0 Å². The first-order chi connectivity index (χ1) is 9.63. The molecule has 0 heterocycles. The summed E-state index contributed by atoms with van der Waals surface area (Å²) in [5, 5.41) is 3.55. The lowest BCUT2D eigenvalue weighted by Crippen LogP contribution is -2.24. The average molecular weight is 336 g/mol. The number of benzene rings is 2. The Labute approximate surface area is 128 Å². The highest BCUT2D eigenvalue weighted by Gasteiger charge is 2.16. The van der Waals surface area contributed by atoms with Crippen molar-refractivity contribution in [2.75, 3.05) is 6.54 Å². The molecule has 0 aromatic heterocycles. The third kappa shape index (κ3) is 3.47. The van der Waals surface area contributed by atoms with Gasteiger partial charge in [0.15, 0.2) is 0 Å². The van der Waals surface area contributed by atoms with Gasteiger partial charge < -0.3 is 5.32 Å². The summed E-state index contributed by atoms with van der Waals surface area (Å²) in [7, 11) is 0. The van der Waals surface area contributed by atoms with Crippen molar-refractivity contribution in [3.05, 3.63) is 69.4 Å². The van der Waals surface area contributed by atoms with Crippen molar-refractivity contribution in [3.63, 3.8) is 0 Å². The molecular formula is C17H19BrFN. The molecule has 0 amide bonds. The molecule has 0 fully saturated rings. The smallest absolute Gasteiger partial charge is 0.137 e. The third-order valence-electron chi connectivity index (χ3n) is 3.37. The van der Waals surface area contributed by atoms with Gasteiger partial charge in [0, 0.05) is 0 Å². The lowest BCUT2D eigenvalue weighted by molar-refractivity contribution is 0.589. The second-order valence-corrected chi connectivity index (χ2v) is 5.77. The van der Waals surface area contributed by atoms with Gasteiger partial charge in [0.1, 0.15) is 5.82 Å². The molecule has 106 valence electrons. The van der Waals surface area contributed by atoms with Gasteiger partial charge in [-0.15, -0.1) is 0 Å². The summed E-state index contributed by atoms with van der Waals surface area (Å²) >= 11 is 3.27. The molecule has 2 aromatic rings. The van der Waals surface area contributed by atoms with Crippen molar-refractivity contribution in [1.82, 2.24) is 5.32 Å². The molecule has 0 saturated heterocycles. The van der Waals surface area contributed by atoms with E-state index in [4.69, 9.17) is 0 Å². The van der Waals surface area contributed by atoms with E-state index in [1.807, 2.05) is 24.3 Å². The summed E-state index contributed by atoms with van der Waals surface area (Å²) in [6, 6.07) is 13.6. The Morgan fingerprint density at radius 3 is 2.60 bits per heavy atom. The van der Waals surface area contributed by atoms with Crippen LogP contribution in [0.3, 0.4) is 0 Å². The molecule has 0 saturated carbocycles. The van der Waals surface area contributed by atoms with Crippen LogP contribution < -0.4 is 5.32 Å². The fourth-order valence-corrected chi connectivity index (χ4v) is 2.70. The maximum absolute atomic E-state index is 13.4. The Morgan fingerprint density at radius 1 is 1.20 bits per heavy atom. The first kappa shape index (κ1) is 15.2. The predicted molar refractivity (Wildman–Crippen MR) is 85.4 cm³/mol. The average Bonchev–Trinajstić information content (AvgIpc) is 2.44. The molecule has 2 rings (SSSR count). The molecule has 0 radical (unpaired) electrons. The van der Waals surface area contributed by atoms with Crippen LogP contribution in [0.1, 0.15) is 36.1 Å². The molecule has 1 atom stereocenters. The molecule has 2 aromatic carbocycles. The van der Waals surface area contributed by atoms with Crippen molar-refractivity contribution in [2.24, 2.45) is 0 Å². The van der Waals surface area contributed by atoms with Gasteiger partial charge in [0.05, 0.1) is 10.5 Å². The second-order valence-electron chi connectivity index (χ2n) is 4.92. The zero-order valence-corrected chi connectivity index (χ0v) is 13.4. The van der Waals surface area contributed by atoms with Crippen molar-refractivity contribution in [1.29, 1.82) is 0 Å². The van der Waals surface area contributed by atoms with Gasteiger partial charge in [-0.2, -0.15) is 0 Å². The first-order valence-corrected chi connectivity index (χ1v) is 7.66. The summed E-state index contributed by atoms with van der Waals surface area (Å²) in [6.07, 6.45) is 1.06. The maximum Gasteiger partial charge on any atom is 0.137 e. The highest BCUT2D eigenvalue weighted by molar-refractivity contribution is 9.10. The SMILES string of the molecule is CCCNC(c1ccc(F)c(Br)c1)c1ccccc1C. The minimum Gasteiger partial charge on any atom is -0.306 e. The predicted octanol–water partition coefficient (Wildman–Crippen LogP) is 4.99. The van der Waals surface area contributed by atoms with Gasteiger partial charge in [-0.05, 0) is 64.6 Å². The van der Waals surface area contributed by atoms with Crippen LogP contribution in [0.5, 0.6) is 0 Å². The zero-order chi connectivity index (χ0) is 14.5. The van der Waals surface area contributed by atoms with Crippen LogP contribution in [0.25, 0.3) is 0 Å². The number of aryl methyl sites for hydroxylation is 1. The van der Waals surface area contributed by atoms with E-state index in [0.717, 1.165) is 18.5 Å². The molecular weight excluding hydrogens is 317 g/mol. The van der Waals surface area contributed by atoms with Crippen LogP contribution in [0.4, 0.5) is 4.39 Å². The van der Waals surface area contributed by atoms with Crippen LogP contribution in [0.2, 0.25) is 0 Å². The number of hydrogen-bond acceptors (Lipinski definition) is 1. The van der Waals surface area contributed by atoms with Gasteiger partial charge in [-0.3, -0.25) is 0 Å². The number of rotatable bonds is 5. The van der Waals surface area contributed by atoms with Crippen molar-refractivity contribution in [2.45, 2.75) is 26.3 Å². The van der Waals surface area contributed by atoms with E-state index < -0.39 is 0 Å². The van der Waals surface area contributed by atoms with Gasteiger partial charge in [-0.1, -0.05) is 37.3 Å². The molecule has 0 spiro atoms. The molecule has 0 bridgehead atoms. The topological polar surface area (TPSA) is 12.0 Å². The Bertz CT molecular complexity index is 583. The lowest BCUT2D eigenvalue weighted by Gasteiger charge is -2.22. The van der Waals surface area contributed by atoms with E-state index in [1.165, 1.54) is 17.2 Å². The Balaban J connectivity index is 2.41. The summed E-state index contributed by atoms with van der Waals surface area (Å²) in [5.74, 6) is -0.229. The molecule has 0 aliphatic heterocycles. The zero-order valence-electron chi connectivity index (χ0n) is 11.8. The summed E-state index contributed by atoms with van der Waals surface area (Å²) < 4.78 is 13.9. The standard InChI is InChI=1S/C17H19BrFN/c1-3-10-20-17(14-7-5-4-6-12(14)2)13-8-9-16(19)15(18)11-13/h4-9,11,17,20H,3,10H2,1-2H3. The maximum atomic E-state index is 13.4. The molecule has 20 heavy (non-hydrogen) atoms. The van der Waals surface area contributed by atoms with Gasteiger partial charge in [-0.25, -0.2) is 4.39 Å². The van der Waals surface area contributed by atoms with Crippen molar-refractivity contribution < 1.29 is 4.39 Å². The Morgan fingerprint density at radius 2 is 1.95 bits per heavy atom. The molecule has 1 nitrogen and oxygen atoms in total. The van der Waals surface area contributed by atoms with Gasteiger partial charge in [0.25, 0.3) is 0 Å². The summed E-state index contributed by atoms with van der Waals surface area (Å²) in [5.41, 5.74) is 3.54. The Hall–Kier alpha value is -1.19. The monoisotopic (exact) mass is 335 g/mol. The van der Waals surface area contributed by atoms with E-state index in [2.05, 4.69) is 47.2 Å². The van der Waals surface area contributed by atoms with E-state index in [9.17, 15) is 4.39 Å². The van der Waals surface area contributed by atoms with Gasteiger partial charge in [0.2, 0.25) is 0 Å². The number of hydrogen-bond donors (Lipinski definition) is 1. The first-order valence-electron chi connectivity index (χ1n) is 6.87. The highest BCUT2D eigenvalue weighted by atomic mass is 79.9. The number of halogens is 2. The normalized spacial score (nSPS) is 12.4. The van der Waals surface area contributed by atoms with E-state index in [0.29, 0.717) is 4.47 Å². The quantitative estimate of drug-likeness (QED) is 0.811. The third-order valence-corrected chi connectivity index (χ3v) is 3.98. The van der Waals surface area contributed by atoms with Crippen LogP contribution in [-0.4, -0.2) is 6.54 Å². The van der Waals surface area contributed by atoms with Crippen molar-refractivity contribution in [3.8, 4) is 0 Å². The second kappa shape index (κ2) is 7.00. The van der Waals surface area contributed by atoms with Crippen LogP contribution in [0.15, 0.2) is 46.9 Å². The fourth-order valence-electron chi connectivity index (χ4n) is 2.30. The van der Waals surface area contributed by atoms with E-state index >= 15 is 0 Å². The molecule has 3 heteroatoms. The fraction of sp³-hybridized carbons (Fsp3) is 0.294. The summed E-state index contributed by atoms with van der Waals surface area (Å²) in [6.45, 7) is 5.17. The van der Waals surface area contributed by atoms with Crippen LogP contribution >= 0.6 is 15.9 Å². The summed E-state index contributed by atoms with van der Waals surface area (Å²) in [4.78, 5) is 0. The van der Waals surface area contributed by atoms with Crippen LogP contribution in [-0.2, 0) is 0 Å². The van der Waals surface area contributed by atoms with E-state index in [-0.39, 0.29) is 11.9 Å². The molecule has 1 unspecified atom stereocenters. The number of nitrogens with one attached hydrogen (secondary N) is 1. The minimum atomic E-state index is -0.229. The largest absolute Gasteiger partial charge is 0.306 e. The highest BCUT2D eigenvalue weighted by Crippen LogP contribution is 2.28. The van der Waals surface area contributed by atoms with Crippen LogP contribution in [0, 0.1) is 12.7 Å². The minimum absolute atomic E-state index is 0.0908. The Kier molecular flexibility index (Phi) is 5.32. The molecule has 1 N–H and O–H groups in total. The van der Waals surface area contributed by atoms with Crippen molar-refractivity contribution >= 4 is 15.9 Å². The van der Waals surface area contributed by atoms with E-state index in [1.54, 1.807) is 0 Å².